The Balaban J connectivity index is 1.07. The number of nitrogens with zero attached hydrogens (tertiary/aromatic N) is 4. The first kappa shape index (κ1) is 35.6. The second-order valence-corrected chi connectivity index (χ2v) is 17.2. The van der Waals surface area contributed by atoms with E-state index in [1.807, 2.05) is 23.5 Å². The predicted molar refractivity (Wildman–Crippen MR) is 265 cm³/mol. The smallest absolute Gasteiger partial charge is 0.160 e. The van der Waals surface area contributed by atoms with Crippen LogP contribution in [0.2, 0.25) is 0 Å². The van der Waals surface area contributed by atoms with Crippen LogP contribution in [0.4, 0.5) is 0 Å². The van der Waals surface area contributed by atoms with Gasteiger partial charge in [-0.2, -0.15) is 0 Å². The highest BCUT2D eigenvalue weighted by Crippen LogP contribution is 2.45. The van der Waals surface area contributed by atoms with E-state index in [4.69, 9.17) is 9.97 Å². The van der Waals surface area contributed by atoms with Crippen LogP contribution >= 0.6 is 11.3 Å². The number of para-hydroxylation sites is 3. The average Bonchev–Trinajstić information content (AvgIpc) is 4.01. The summed E-state index contributed by atoms with van der Waals surface area (Å²) in [5, 5.41) is 7.46. The van der Waals surface area contributed by atoms with Crippen LogP contribution in [-0.2, 0) is 0 Å². The Morgan fingerprint density at radius 2 is 0.841 bits per heavy atom. The molecular weight excluding hydrogens is 785 g/mol. The number of hydrogen-bond donors (Lipinski definition) is 0. The zero-order valence-corrected chi connectivity index (χ0v) is 34.8. The average molecular weight is 821 g/mol. The number of rotatable bonds is 6. The SMILES string of the molecule is c1ccc(-c2cc(-c3ccccc3)nc(-c3cccc(-c4cc(-n5c6ccccc6c6cc7c8ccccc8n(-c8ccccc8)c7cc65)cc5c4sc4ccccc45)c3)n2)cc1. The molecule has 0 saturated carbocycles. The van der Waals surface area contributed by atoms with E-state index in [1.165, 1.54) is 69.3 Å². The number of hydrogen-bond acceptors (Lipinski definition) is 3. The van der Waals surface area contributed by atoms with Crippen molar-refractivity contribution < 1.29 is 0 Å². The molecule has 9 aromatic carbocycles. The summed E-state index contributed by atoms with van der Waals surface area (Å²) in [5.41, 5.74) is 14.2. The number of thiophene rings is 1. The van der Waals surface area contributed by atoms with Gasteiger partial charge in [-0.25, -0.2) is 9.97 Å². The third-order valence-electron chi connectivity index (χ3n) is 12.5. The molecule has 0 fully saturated rings. The predicted octanol–water partition coefficient (Wildman–Crippen LogP) is 15.7. The van der Waals surface area contributed by atoms with E-state index in [9.17, 15) is 0 Å². The minimum Gasteiger partial charge on any atom is -0.309 e. The van der Waals surface area contributed by atoms with E-state index in [1.54, 1.807) is 0 Å². The lowest BCUT2D eigenvalue weighted by atomic mass is 9.99. The summed E-state index contributed by atoms with van der Waals surface area (Å²) < 4.78 is 7.42. The van der Waals surface area contributed by atoms with Crippen molar-refractivity contribution in [2.45, 2.75) is 0 Å². The van der Waals surface area contributed by atoms with Crippen molar-refractivity contribution in [1.29, 1.82) is 0 Å². The molecule has 0 aliphatic heterocycles. The minimum absolute atomic E-state index is 0.695. The van der Waals surface area contributed by atoms with Crippen molar-refractivity contribution >= 4 is 75.1 Å². The molecule has 0 N–H and O–H groups in total. The first-order valence-corrected chi connectivity index (χ1v) is 22.1. The van der Waals surface area contributed by atoms with Gasteiger partial charge in [0.1, 0.15) is 0 Å². The van der Waals surface area contributed by atoms with Crippen LogP contribution in [-0.4, -0.2) is 19.1 Å². The summed E-state index contributed by atoms with van der Waals surface area (Å²) >= 11 is 1.86. The molecule has 0 spiro atoms. The molecule has 4 aromatic heterocycles. The molecule has 0 atom stereocenters. The second kappa shape index (κ2) is 14.2. The molecule has 294 valence electrons. The molecule has 63 heavy (non-hydrogen) atoms. The Morgan fingerprint density at radius 1 is 0.317 bits per heavy atom. The second-order valence-electron chi connectivity index (χ2n) is 16.2. The van der Waals surface area contributed by atoms with Gasteiger partial charge in [0.2, 0.25) is 0 Å². The van der Waals surface area contributed by atoms with E-state index in [2.05, 4.69) is 215 Å². The third kappa shape index (κ3) is 5.74. The monoisotopic (exact) mass is 820 g/mol. The normalized spacial score (nSPS) is 11.8. The van der Waals surface area contributed by atoms with Crippen LogP contribution < -0.4 is 0 Å². The molecule has 4 nitrogen and oxygen atoms in total. The molecule has 0 amide bonds. The lowest BCUT2D eigenvalue weighted by molar-refractivity contribution is 1.17. The summed E-state index contributed by atoms with van der Waals surface area (Å²) in [4.78, 5) is 10.4. The fourth-order valence-corrected chi connectivity index (χ4v) is 10.9. The van der Waals surface area contributed by atoms with E-state index < -0.39 is 0 Å². The molecule has 0 aliphatic rings. The van der Waals surface area contributed by atoms with Crippen molar-refractivity contribution in [3.63, 3.8) is 0 Å². The molecule has 0 unspecified atom stereocenters. The van der Waals surface area contributed by atoms with Crippen molar-refractivity contribution in [1.82, 2.24) is 19.1 Å². The number of benzene rings is 9. The Labute approximate surface area is 367 Å². The van der Waals surface area contributed by atoms with Gasteiger partial charge in [0.05, 0.1) is 33.5 Å². The first-order chi connectivity index (χ1) is 31.2. The van der Waals surface area contributed by atoms with Crippen LogP contribution in [0.1, 0.15) is 0 Å². The van der Waals surface area contributed by atoms with Crippen LogP contribution in [0, 0.1) is 0 Å². The van der Waals surface area contributed by atoms with Crippen molar-refractivity contribution in [3.05, 3.63) is 218 Å². The Hall–Kier alpha value is -8.12. The maximum absolute atomic E-state index is 5.21. The highest BCUT2D eigenvalue weighted by atomic mass is 32.1. The summed E-state index contributed by atoms with van der Waals surface area (Å²) in [5.74, 6) is 0.695. The molecule has 0 bridgehead atoms. The van der Waals surface area contributed by atoms with E-state index in [0.717, 1.165) is 45.0 Å². The maximum atomic E-state index is 5.21. The molecule has 4 heterocycles. The Bertz CT molecular complexity index is 3840. The minimum atomic E-state index is 0.695. The van der Waals surface area contributed by atoms with Crippen molar-refractivity contribution in [2.75, 3.05) is 0 Å². The lowest BCUT2D eigenvalue weighted by Gasteiger charge is -2.14. The molecular formula is C58H36N4S. The van der Waals surface area contributed by atoms with Gasteiger partial charge in [-0.3, -0.25) is 0 Å². The standard InChI is InChI=1S/C58H36N4S/c1-4-17-37(18-5-1)50-35-51(38-19-6-2-7-20-38)60-58(59-50)40-22-16-21-39(31-40)46-32-42(33-49-45-27-12-15-30-56(45)63-57(46)49)62-53-29-14-11-26-44(53)48-34-47-43-25-10-13-28-52(43)61(54(47)36-55(48)62)41-23-8-3-9-24-41/h1-36H. The topological polar surface area (TPSA) is 35.6 Å². The van der Waals surface area contributed by atoms with Crippen LogP contribution in [0.25, 0.3) is 120 Å². The summed E-state index contributed by atoms with van der Waals surface area (Å²) in [6.45, 7) is 0. The maximum Gasteiger partial charge on any atom is 0.160 e. The van der Waals surface area contributed by atoms with Gasteiger partial charge >= 0.3 is 0 Å². The highest BCUT2D eigenvalue weighted by molar-refractivity contribution is 7.26. The lowest BCUT2D eigenvalue weighted by Crippen LogP contribution is -1.97. The quantitative estimate of drug-likeness (QED) is 0.167. The molecule has 0 aliphatic carbocycles. The Morgan fingerprint density at radius 3 is 1.49 bits per heavy atom. The third-order valence-corrected chi connectivity index (χ3v) is 13.7. The van der Waals surface area contributed by atoms with Gasteiger partial charge in [0.25, 0.3) is 0 Å². The fourth-order valence-electron chi connectivity index (χ4n) is 9.64. The summed E-state index contributed by atoms with van der Waals surface area (Å²) in [7, 11) is 0. The van der Waals surface area contributed by atoms with E-state index in [-0.39, 0.29) is 0 Å². The van der Waals surface area contributed by atoms with E-state index >= 15 is 0 Å². The largest absolute Gasteiger partial charge is 0.309 e. The zero-order chi connectivity index (χ0) is 41.4. The van der Waals surface area contributed by atoms with Gasteiger partial charge in [-0.15, -0.1) is 11.3 Å². The zero-order valence-electron chi connectivity index (χ0n) is 34.0. The molecule has 0 saturated heterocycles. The van der Waals surface area contributed by atoms with Crippen molar-refractivity contribution in [2.24, 2.45) is 0 Å². The van der Waals surface area contributed by atoms with Gasteiger partial charge in [0.15, 0.2) is 5.82 Å². The summed E-state index contributed by atoms with van der Waals surface area (Å²) in [6, 6.07) is 78.5. The van der Waals surface area contributed by atoms with E-state index in [0.29, 0.717) is 5.82 Å². The van der Waals surface area contributed by atoms with Crippen LogP contribution in [0.5, 0.6) is 0 Å². The summed E-state index contributed by atoms with van der Waals surface area (Å²) in [6.07, 6.45) is 0. The van der Waals surface area contributed by atoms with Gasteiger partial charge in [-0.1, -0.05) is 152 Å². The molecule has 13 aromatic rings. The first-order valence-electron chi connectivity index (χ1n) is 21.3. The Kier molecular flexibility index (Phi) is 8.05. The van der Waals surface area contributed by atoms with Gasteiger partial charge in [-0.05, 0) is 72.3 Å². The van der Waals surface area contributed by atoms with Crippen LogP contribution in [0.3, 0.4) is 0 Å². The number of aromatic nitrogens is 4. The molecule has 13 rings (SSSR count). The van der Waals surface area contributed by atoms with Crippen molar-refractivity contribution in [3.8, 4) is 56.4 Å². The number of fused-ring (bicyclic) bond motifs is 9. The van der Waals surface area contributed by atoms with Crippen LogP contribution in [0.15, 0.2) is 218 Å². The molecule has 0 radical (unpaired) electrons. The highest BCUT2D eigenvalue weighted by Gasteiger charge is 2.21. The van der Waals surface area contributed by atoms with Gasteiger partial charge < -0.3 is 9.13 Å². The fraction of sp³-hybridized carbons (Fsp3) is 0. The molecule has 5 heteroatoms. The van der Waals surface area contributed by atoms with Gasteiger partial charge in [0, 0.05) is 75.3 Å².